The van der Waals surface area contributed by atoms with Crippen LogP contribution < -0.4 is 15.4 Å². The van der Waals surface area contributed by atoms with E-state index in [1.165, 1.54) is 0 Å². The molecular formula is C19H13ClN2O3. The molecule has 0 spiro atoms. The van der Waals surface area contributed by atoms with Crippen LogP contribution in [0.25, 0.3) is 10.8 Å². The summed E-state index contributed by atoms with van der Waals surface area (Å²) >= 11 is 5.92. The Balaban J connectivity index is 2.02. The Morgan fingerprint density at radius 1 is 0.920 bits per heavy atom. The maximum Gasteiger partial charge on any atom is 0.261 e. The van der Waals surface area contributed by atoms with E-state index in [-0.39, 0.29) is 0 Å². The van der Waals surface area contributed by atoms with Gasteiger partial charge in [-0.15, -0.1) is 0 Å². The van der Waals surface area contributed by atoms with Crippen molar-refractivity contribution < 1.29 is 14.3 Å². The fourth-order valence-corrected chi connectivity index (χ4v) is 3.19. The van der Waals surface area contributed by atoms with Crippen molar-refractivity contribution in [2.75, 3.05) is 12.4 Å². The van der Waals surface area contributed by atoms with Gasteiger partial charge in [-0.3, -0.25) is 14.9 Å². The molecule has 0 radical (unpaired) electrons. The zero-order valence-corrected chi connectivity index (χ0v) is 14.0. The van der Waals surface area contributed by atoms with Gasteiger partial charge in [0.05, 0.1) is 16.8 Å². The Labute approximate surface area is 148 Å². The number of hydrogen-bond donors (Lipinski definition) is 2. The summed E-state index contributed by atoms with van der Waals surface area (Å²) in [4.78, 5) is 24.6. The van der Waals surface area contributed by atoms with Crippen LogP contribution in [0, 0.1) is 0 Å². The molecule has 2 N–H and O–H groups in total. The van der Waals surface area contributed by atoms with Gasteiger partial charge in [0, 0.05) is 17.5 Å². The molecule has 0 saturated heterocycles. The van der Waals surface area contributed by atoms with Crippen molar-refractivity contribution in [3.8, 4) is 11.5 Å². The topological polar surface area (TPSA) is 67.4 Å². The van der Waals surface area contributed by atoms with Crippen molar-refractivity contribution in [2.24, 2.45) is 0 Å². The van der Waals surface area contributed by atoms with Crippen molar-refractivity contribution in [3.63, 3.8) is 0 Å². The van der Waals surface area contributed by atoms with E-state index in [0.717, 1.165) is 5.39 Å². The molecule has 5 nitrogen and oxygen atoms in total. The fraction of sp³-hybridized carbons (Fsp3) is 0.0526. The second kappa shape index (κ2) is 5.79. The van der Waals surface area contributed by atoms with Gasteiger partial charge < -0.3 is 10.1 Å². The van der Waals surface area contributed by atoms with E-state index < -0.39 is 11.8 Å². The lowest BCUT2D eigenvalue weighted by Crippen LogP contribution is -2.20. The molecule has 124 valence electrons. The van der Waals surface area contributed by atoms with Crippen molar-refractivity contribution >= 4 is 39.9 Å². The Morgan fingerprint density at radius 3 is 2.24 bits per heavy atom. The van der Waals surface area contributed by atoms with E-state index in [2.05, 4.69) is 10.6 Å². The smallest absolute Gasteiger partial charge is 0.261 e. The number of amides is 2. The second-order valence-electron chi connectivity index (χ2n) is 5.59. The molecule has 0 saturated carbocycles. The Bertz CT molecular complexity index is 1030. The Hall–Kier alpha value is -3.05. The summed E-state index contributed by atoms with van der Waals surface area (Å²) in [6.07, 6.45) is 0. The number of rotatable bonds is 3. The minimum atomic E-state index is -0.434. The highest BCUT2D eigenvalue weighted by Crippen LogP contribution is 2.43. The summed E-state index contributed by atoms with van der Waals surface area (Å²) in [6, 6.07) is 14.3. The normalized spacial score (nSPS) is 12.9. The summed E-state index contributed by atoms with van der Waals surface area (Å²) in [5, 5.41) is 7.38. The van der Waals surface area contributed by atoms with Gasteiger partial charge in [0.15, 0.2) is 5.75 Å². The van der Waals surface area contributed by atoms with Crippen LogP contribution in [-0.2, 0) is 0 Å². The maximum absolute atomic E-state index is 12.3. The van der Waals surface area contributed by atoms with Crippen LogP contribution in [0.3, 0.4) is 0 Å². The van der Waals surface area contributed by atoms with Gasteiger partial charge in [-0.1, -0.05) is 35.9 Å². The first-order valence-electron chi connectivity index (χ1n) is 7.65. The van der Waals surface area contributed by atoms with Gasteiger partial charge in [-0.25, -0.2) is 0 Å². The predicted molar refractivity (Wildman–Crippen MR) is 96.8 cm³/mol. The first kappa shape index (κ1) is 15.5. The molecule has 1 aliphatic heterocycles. The first-order chi connectivity index (χ1) is 12.1. The number of halogens is 1. The number of ether oxygens (including phenoxy) is 1. The van der Waals surface area contributed by atoms with Gasteiger partial charge in [-0.2, -0.15) is 0 Å². The largest absolute Gasteiger partial charge is 0.455 e. The minimum absolute atomic E-state index is 0.301. The predicted octanol–water partition coefficient (Wildman–Crippen LogP) is 4.21. The van der Waals surface area contributed by atoms with Gasteiger partial charge >= 0.3 is 0 Å². The standard InChI is InChI=1S/C19H13ClN2O3/c1-21-16-15-14(18(23)22-19(15)24)12-4-2-3-5-13(12)17(16)25-11-8-6-10(20)7-9-11/h2-9,21H,1H3,(H,22,23,24). The molecule has 0 atom stereocenters. The van der Waals surface area contributed by atoms with Crippen molar-refractivity contribution in [1.82, 2.24) is 5.32 Å². The molecule has 4 rings (SSSR count). The van der Waals surface area contributed by atoms with Crippen molar-refractivity contribution in [2.45, 2.75) is 0 Å². The highest BCUT2D eigenvalue weighted by atomic mass is 35.5. The Kier molecular flexibility index (Phi) is 3.58. The highest BCUT2D eigenvalue weighted by Gasteiger charge is 2.34. The summed E-state index contributed by atoms with van der Waals surface area (Å²) in [7, 11) is 1.69. The van der Waals surface area contributed by atoms with Crippen molar-refractivity contribution in [3.05, 3.63) is 64.7 Å². The molecule has 6 heteroatoms. The van der Waals surface area contributed by atoms with E-state index in [0.29, 0.717) is 38.7 Å². The highest BCUT2D eigenvalue weighted by molar-refractivity contribution is 6.31. The van der Waals surface area contributed by atoms with E-state index in [9.17, 15) is 9.59 Å². The third-order valence-electron chi connectivity index (χ3n) is 4.13. The summed E-state index contributed by atoms with van der Waals surface area (Å²) < 4.78 is 6.07. The van der Waals surface area contributed by atoms with Crippen LogP contribution in [-0.4, -0.2) is 18.9 Å². The van der Waals surface area contributed by atoms with Gasteiger partial charge in [0.1, 0.15) is 5.75 Å². The molecule has 1 aliphatic rings. The molecule has 0 aliphatic carbocycles. The quantitative estimate of drug-likeness (QED) is 0.693. The average Bonchev–Trinajstić information content (AvgIpc) is 2.92. The number of fused-ring (bicyclic) bond motifs is 3. The Morgan fingerprint density at radius 2 is 1.56 bits per heavy atom. The maximum atomic E-state index is 12.3. The van der Waals surface area contributed by atoms with Gasteiger partial charge in [-0.05, 0) is 29.7 Å². The summed E-state index contributed by atoms with van der Waals surface area (Å²) in [5.41, 5.74) is 1.15. The number of carbonyl (C=O) groups excluding carboxylic acids is 2. The number of benzene rings is 3. The molecule has 1 heterocycles. The van der Waals surface area contributed by atoms with Crippen LogP contribution in [0.4, 0.5) is 5.69 Å². The zero-order chi connectivity index (χ0) is 17.6. The van der Waals surface area contributed by atoms with Crippen LogP contribution in [0.2, 0.25) is 5.02 Å². The van der Waals surface area contributed by atoms with E-state index in [1.54, 1.807) is 37.4 Å². The van der Waals surface area contributed by atoms with Crippen LogP contribution in [0.15, 0.2) is 48.5 Å². The van der Waals surface area contributed by atoms with Gasteiger partial charge in [0.2, 0.25) is 0 Å². The lowest BCUT2D eigenvalue weighted by atomic mass is 9.97. The number of hydrogen-bond acceptors (Lipinski definition) is 4. The monoisotopic (exact) mass is 352 g/mol. The molecule has 3 aromatic carbocycles. The van der Waals surface area contributed by atoms with E-state index in [1.807, 2.05) is 18.2 Å². The number of imide groups is 1. The van der Waals surface area contributed by atoms with E-state index >= 15 is 0 Å². The second-order valence-corrected chi connectivity index (χ2v) is 6.03. The molecule has 25 heavy (non-hydrogen) atoms. The minimum Gasteiger partial charge on any atom is -0.455 e. The molecule has 0 unspecified atom stereocenters. The van der Waals surface area contributed by atoms with E-state index in [4.69, 9.17) is 16.3 Å². The molecule has 2 amide bonds. The lowest BCUT2D eigenvalue weighted by molar-refractivity contribution is 0.0880. The average molecular weight is 353 g/mol. The molecule has 0 aromatic heterocycles. The van der Waals surface area contributed by atoms with Gasteiger partial charge in [0.25, 0.3) is 11.8 Å². The molecular weight excluding hydrogens is 340 g/mol. The third kappa shape index (κ3) is 2.40. The number of nitrogens with one attached hydrogen (secondary N) is 2. The number of anilines is 1. The molecule has 3 aromatic rings. The SMILES string of the molecule is CNc1c2c(c3ccccc3c1Oc1ccc(Cl)cc1)C(=O)NC2=O. The zero-order valence-electron chi connectivity index (χ0n) is 13.2. The van der Waals surface area contributed by atoms with Crippen LogP contribution in [0.1, 0.15) is 20.7 Å². The lowest BCUT2D eigenvalue weighted by Gasteiger charge is -2.17. The van der Waals surface area contributed by atoms with Crippen LogP contribution in [0.5, 0.6) is 11.5 Å². The molecule has 0 fully saturated rings. The third-order valence-corrected chi connectivity index (χ3v) is 4.38. The number of carbonyl (C=O) groups is 2. The first-order valence-corrected chi connectivity index (χ1v) is 8.03. The van der Waals surface area contributed by atoms with Crippen LogP contribution >= 0.6 is 11.6 Å². The fourth-order valence-electron chi connectivity index (χ4n) is 3.06. The summed E-state index contributed by atoms with van der Waals surface area (Å²) in [6.45, 7) is 0. The summed E-state index contributed by atoms with van der Waals surface area (Å²) in [5.74, 6) is 0.238. The van der Waals surface area contributed by atoms with Crippen molar-refractivity contribution in [1.29, 1.82) is 0 Å². The molecule has 0 bridgehead atoms.